The largest absolute Gasteiger partial charge is 0.368 e. The van der Waals surface area contributed by atoms with Gasteiger partial charge in [0.15, 0.2) is 9.62 Å². The van der Waals surface area contributed by atoms with Crippen LogP contribution in [0, 0.1) is 0 Å². The van der Waals surface area contributed by atoms with Crippen LogP contribution in [0.1, 0.15) is 24.8 Å². The van der Waals surface area contributed by atoms with E-state index in [1.165, 1.54) is 11.3 Å². The number of thioether (sulfide) groups is 1. The SMILES string of the molecule is CC(C)n1c(N)nnc1SCc1cnc(Cl)s1. The highest BCUT2D eigenvalue weighted by Gasteiger charge is 2.13. The van der Waals surface area contributed by atoms with Crippen molar-refractivity contribution in [1.29, 1.82) is 0 Å². The summed E-state index contributed by atoms with van der Waals surface area (Å²) >= 11 is 8.83. The van der Waals surface area contributed by atoms with Crippen molar-refractivity contribution >= 4 is 40.6 Å². The minimum absolute atomic E-state index is 0.248. The van der Waals surface area contributed by atoms with Crippen molar-refractivity contribution in [2.45, 2.75) is 30.8 Å². The Morgan fingerprint density at radius 2 is 2.29 bits per heavy atom. The molecule has 5 nitrogen and oxygen atoms in total. The van der Waals surface area contributed by atoms with Crippen molar-refractivity contribution in [1.82, 2.24) is 19.7 Å². The van der Waals surface area contributed by atoms with Gasteiger partial charge < -0.3 is 5.73 Å². The van der Waals surface area contributed by atoms with Crippen LogP contribution in [0.2, 0.25) is 4.47 Å². The maximum absolute atomic E-state index is 5.77. The molecule has 0 aliphatic heterocycles. The molecule has 2 heterocycles. The van der Waals surface area contributed by atoms with Gasteiger partial charge in [-0.1, -0.05) is 23.4 Å². The van der Waals surface area contributed by atoms with E-state index in [0.29, 0.717) is 10.4 Å². The Morgan fingerprint density at radius 3 is 2.88 bits per heavy atom. The van der Waals surface area contributed by atoms with Crippen molar-refractivity contribution in [2.24, 2.45) is 0 Å². The molecule has 92 valence electrons. The molecule has 0 aliphatic carbocycles. The molecule has 0 bridgehead atoms. The van der Waals surface area contributed by atoms with Gasteiger partial charge in [0.25, 0.3) is 0 Å². The zero-order valence-electron chi connectivity index (χ0n) is 9.42. The highest BCUT2D eigenvalue weighted by atomic mass is 35.5. The van der Waals surface area contributed by atoms with Gasteiger partial charge in [-0.05, 0) is 13.8 Å². The number of rotatable bonds is 4. The minimum atomic E-state index is 0.248. The molecule has 2 N–H and O–H groups in total. The number of nitrogens with two attached hydrogens (primary N) is 1. The lowest BCUT2D eigenvalue weighted by Gasteiger charge is -2.10. The van der Waals surface area contributed by atoms with Crippen molar-refractivity contribution in [3.63, 3.8) is 0 Å². The van der Waals surface area contributed by atoms with Crippen molar-refractivity contribution in [2.75, 3.05) is 5.73 Å². The summed E-state index contributed by atoms with van der Waals surface area (Å²) in [6, 6.07) is 0.248. The molecule has 0 saturated carbocycles. The number of nitrogen functional groups attached to an aromatic ring is 1. The molecule has 0 atom stereocenters. The quantitative estimate of drug-likeness (QED) is 0.877. The second kappa shape index (κ2) is 5.24. The summed E-state index contributed by atoms with van der Waals surface area (Å²) in [6.07, 6.45) is 1.78. The van der Waals surface area contributed by atoms with Crippen LogP contribution in [-0.4, -0.2) is 19.7 Å². The molecule has 0 aromatic carbocycles. The van der Waals surface area contributed by atoms with Gasteiger partial charge in [0.05, 0.1) is 0 Å². The molecule has 0 amide bonds. The van der Waals surface area contributed by atoms with E-state index in [1.807, 2.05) is 18.4 Å². The maximum atomic E-state index is 5.77. The molecule has 2 aromatic rings. The zero-order chi connectivity index (χ0) is 12.4. The summed E-state index contributed by atoms with van der Waals surface area (Å²) in [5.74, 6) is 1.22. The van der Waals surface area contributed by atoms with E-state index in [9.17, 15) is 0 Å². The van der Waals surface area contributed by atoms with Crippen LogP contribution in [0.4, 0.5) is 5.95 Å². The molecule has 0 aliphatic rings. The summed E-state index contributed by atoms with van der Waals surface area (Å²) in [5, 5.41) is 8.77. The zero-order valence-corrected chi connectivity index (χ0v) is 11.8. The Morgan fingerprint density at radius 1 is 1.53 bits per heavy atom. The molecule has 2 rings (SSSR count). The number of halogens is 1. The van der Waals surface area contributed by atoms with Crippen LogP contribution in [0.3, 0.4) is 0 Å². The van der Waals surface area contributed by atoms with Gasteiger partial charge in [-0.2, -0.15) is 0 Å². The molecule has 8 heteroatoms. The molecule has 0 spiro atoms. The van der Waals surface area contributed by atoms with E-state index >= 15 is 0 Å². The van der Waals surface area contributed by atoms with E-state index in [4.69, 9.17) is 17.3 Å². The van der Waals surface area contributed by atoms with Crippen molar-refractivity contribution in [3.05, 3.63) is 15.5 Å². The van der Waals surface area contributed by atoms with E-state index in [2.05, 4.69) is 15.2 Å². The number of hydrogen-bond donors (Lipinski definition) is 1. The summed E-state index contributed by atoms with van der Waals surface area (Å²) < 4.78 is 2.47. The molecule has 0 unspecified atom stereocenters. The van der Waals surface area contributed by atoms with Gasteiger partial charge in [0, 0.05) is 22.9 Å². The first-order valence-corrected chi connectivity index (χ1v) is 7.19. The van der Waals surface area contributed by atoms with Crippen molar-refractivity contribution in [3.8, 4) is 0 Å². The van der Waals surface area contributed by atoms with Crippen LogP contribution in [0.5, 0.6) is 0 Å². The summed E-state index contributed by atoms with van der Waals surface area (Å²) in [7, 11) is 0. The third-order valence-corrected chi connectivity index (χ3v) is 4.37. The fourth-order valence-corrected chi connectivity index (χ4v) is 3.43. The predicted octanol–water partition coefficient (Wildman–Crippen LogP) is 2.84. The Bertz CT molecular complexity index is 507. The normalized spacial score (nSPS) is 11.3. The number of thiazole rings is 1. The molecular weight excluding hydrogens is 278 g/mol. The molecule has 0 saturated heterocycles. The highest BCUT2D eigenvalue weighted by Crippen LogP contribution is 2.28. The van der Waals surface area contributed by atoms with E-state index in [1.54, 1.807) is 18.0 Å². The maximum Gasteiger partial charge on any atom is 0.222 e. The third kappa shape index (κ3) is 2.91. The smallest absolute Gasteiger partial charge is 0.222 e. The van der Waals surface area contributed by atoms with Crippen LogP contribution in [-0.2, 0) is 5.75 Å². The lowest BCUT2D eigenvalue weighted by atomic mass is 10.4. The predicted molar refractivity (Wildman–Crippen MR) is 71.5 cm³/mol. The second-order valence-electron chi connectivity index (χ2n) is 3.67. The lowest BCUT2D eigenvalue weighted by Crippen LogP contribution is -2.06. The highest BCUT2D eigenvalue weighted by molar-refractivity contribution is 7.98. The Kier molecular flexibility index (Phi) is 3.90. The molecule has 0 fully saturated rings. The van der Waals surface area contributed by atoms with Gasteiger partial charge in [0.2, 0.25) is 5.95 Å². The first-order chi connectivity index (χ1) is 8.08. The Balaban J connectivity index is 2.09. The molecule has 2 aromatic heterocycles. The van der Waals surface area contributed by atoms with Crippen LogP contribution in [0.15, 0.2) is 11.4 Å². The topological polar surface area (TPSA) is 69.6 Å². The number of anilines is 1. The van der Waals surface area contributed by atoms with Gasteiger partial charge in [-0.3, -0.25) is 4.57 Å². The fourth-order valence-electron chi connectivity index (χ4n) is 1.36. The summed E-state index contributed by atoms with van der Waals surface area (Å²) in [6.45, 7) is 4.10. The van der Waals surface area contributed by atoms with Gasteiger partial charge in [-0.25, -0.2) is 4.98 Å². The van der Waals surface area contributed by atoms with E-state index in [0.717, 1.165) is 15.8 Å². The van der Waals surface area contributed by atoms with E-state index < -0.39 is 0 Å². The average Bonchev–Trinajstić information content (AvgIpc) is 2.82. The van der Waals surface area contributed by atoms with Crippen molar-refractivity contribution < 1.29 is 0 Å². The fraction of sp³-hybridized carbons (Fsp3) is 0.444. The van der Waals surface area contributed by atoms with Gasteiger partial charge in [-0.15, -0.1) is 21.5 Å². The first-order valence-electron chi connectivity index (χ1n) is 5.01. The number of hydrogen-bond acceptors (Lipinski definition) is 6. The second-order valence-corrected chi connectivity index (χ2v) is 6.31. The Hall–Kier alpha value is -0.790. The third-order valence-electron chi connectivity index (χ3n) is 2.08. The first kappa shape index (κ1) is 12.7. The number of nitrogens with zero attached hydrogens (tertiary/aromatic N) is 4. The summed E-state index contributed by atoms with van der Waals surface area (Å²) in [4.78, 5) is 5.10. The molecule has 0 radical (unpaired) electrons. The molecular formula is C9H12ClN5S2. The van der Waals surface area contributed by atoms with E-state index in [-0.39, 0.29) is 6.04 Å². The standard InChI is InChI=1S/C9H12ClN5S2/c1-5(2)15-8(11)13-14-9(15)16-4-6-3-12-7(10)17-6/h3,5H,4H2,1-2H3,(H2,11,13). The van der Waals surface area contributed by atoms with Gasteiger partial charge in [0.1, 0.15) is 0 Å². The monoisotopic (exact) mass is 289 g/mol. The summed E-state index contributed by atoms with van der Waals surface area (Å²) in [5.41, 5.74) is 5.76. The van der Waals surface area contributed by atoms with Crippen LogP contribution >= 0.6 is 34.7 Å². The van der Waals surface area contributed by atoms with Gasteiger partial charge >= 0.3 is 0 Å². The minimum Gasteiger partial charge on any atom is -0.368 e. The Labute approximate surface area is 112 Å². The van der Waals surface area contributed by atoms with Crippen LogP contribution in [0.25, 0.3) is 0 Å². The molecule has 17 heavy (non-hydrogen) atoms. The lowest BCUT2D eigenvalue weighted by molar-refractivity contribution is 0.557. The number of aromatic nitrogens is 4. The average molecular weight is 290 g/mol. The van der Waals surface area contributed by atoms with Crippen LogP contribution < -0.4 is 5.73 Å².